The summed E-state index contributed by atoms with van der Waals surface area (Å²) in [6.07, 6.45) is -2.96. The van der Waals surface area contributed by atoms with Crippen LogP contribution in [0.25, 0.3) is 0 Å². The molecule has 1 amide bonds. The summed E-state index contributed by atoms with van der Waals surface area (Å²) < 4.78 is 37.3. The highest BCUT2D eigenvalue weighted by Gasteiger charge is 2.43. The van der Waals surface area contributed by atoms with Gasteiger partial charge in [-0.05, 0) is 30.0 Å². The molecular formula is C16H13F3N2O. The Bertz CT molecular complexity index is 668. The van der Waals surface area contributed by atoms with Gasteiger partial charge in [-0.1, -0.05) is 30.3 Å². The zero-order valence-electron chi connectivity index (χ0n) is 11.5. The molecule has 22 heavy (non-hydrogen) atoms. The van der Waals surface area contributed by atoms with Gasteiger partial charge in [0.05, 0.1) is 5.56 Å². The number of nitrogens with one attached hydrogen (secondary N) is 1. The molecule has 1 heterocycles. The van der Waals surface area contributed by atoms with Crippen molar-refractivity contribution in [1.82, 2.24) is 4.98 Å². The fourth-order valence-electron chi connectivity index (χ4n) is 2.41. The Hall–Kier alpha value is -2.37. The van der Waals surface area contributed by atoms with E-state index in [1.165, 1.54) is 6.07 Å². The van der Waals surface area contributed by atoms with Crippen molar-refractivity contribution in [3.05, 3.63) is 59.8 Å². The summed E-state index contributed by atoms with van der Waals surface area (Å²) in [4.78, 5) is 15.7. The smallest absolute Gasteiger partial charge is 0.310 e. The first kappa shape index (κ1) is 14.6. The molecule has 6 heteroatoms. The standard InChI is InChI=1S/C16H13F3N2O/c17-16(18,19)11-6-7-14(20-9-11)21-15(22)13-8-12(13)10-4-2-1-3-5-10/h1-7,9,12-13H,8H2,(H,20,21,22)/t12-,13-/m1/s1. The summed E-state index contributed by atoms with van der Waals surface area (Å²) in [5.74, 6) is -0.0417. The third kappa shape index (κ3) is 3.10. The molecule has 0 spiro atoms. The summed E-state index contributed by atoms with van der Waals surface area (Å²) in [7, 11) is 0. The molecule has 3 nitrogen and oxygen atoms in total. The number of carbonyl (C=O) groups is 1. The molecule has 1 aliphatic carbocycles. The SMILES string of the molecule is O=C(Nc1ccc(C(F)(F)F)cn1)[C@@H]1C[C@@H]1c1ccccc1. The van der Waals surface area contributed by atoms with E-state index in [9.17, 15) is 18.0 Å². The third-order valence-electron chi connectivity index (χ3n) is 3.70. The molecule has 1 saturated carbocycles. The maximum atomic E-state index is 12.4. The number of benzene rings is 1. The first-order valence-electron chi connectivity index (χ1n) is 6.84. The summed E-state index contributed by atoms with van der Waals surface area (Å²) >= 11 is 0. The molecule has 1 N–H and O–H groups in total. The van der Waals surface area contributed by atoms with Crippen molar-refractivity contribution in [1.29, 1.82) is 0 Å². The summed E-state index contributed by atoms with van der Waals surface area (Å²) in [5.41, 5.74) is 0.266. The van der Waals surface area contributed by atoms with Gasteiger partial charge in [0.25, 0.3) is 0 Å². The monoisotopic (exact) mass is 306 g/mol. The molecule has 1 fully saturated rings. The van der Waals surface area contributed by atoms with Gasteiger partial charge >= 0.3 is 6.18 Å². The zero-order valence-corrected chi connectivity index (χ0v) is 11.5. The highest BCUT2D eigenvalue weighted by molar-refractivity contribution is 5.94. The Morgan fingerprint density at radius 2 is 1.86 bits per heavy atom. The molecule has 2 atom stereocenters. The molecule has 0 unspecified atom stereocenters. The van der Waals surface area contributed by atoms with Crippen molar-refractivity contribution in [2.75, 3.05) is 5.32 Å². The van der Waals surface area contributed by atoms with E-state index in [4.69, 9.17) is 0 Å². The van der Waals surface area contributed by atoms with Gasteiger partial charge in [0, 0.05) is 12.1 Å². The average Bonchev–Trinajstić information content (AvgIpc) is 3.28. The Morgan fingerprint density at radius 3 is 2.45 bits per heavy atom. The second-order valence-corrected chi connectivity index (χ2v) is 5.28. The van der Waals surface area contributed by atoms with Crippen molar-refractivity contribution in [2.45, 2.75) is 18.5 Å². The zero-order chi connectivity index (χ0) is 15.7. The van der Waals surface area contributed by atoms with Crippen molar-refractivity contribution < 1.29 is 18.0 Å². The predicted octanol–water partition coefficient (Wildman–Crippen LogP) is 3.84. The minimum absolute atomic E-state index is 0.136. The lowest BCUT2D eigenvalue weighted by atomic mass is 10.1. The van der Waals surface area contributed by atoms with E-state index in [0.29, 0.717) is 0 Å². The van der Waals surface area contributed by atoms with Crippen molar-refractivity contribution in [3.8, 4) is 0 Å². The molecule has 1 aromatic heterocycles. The number of hydrogen-bond acceptors (Lipinski definition) is 2. The van der Waals surface area contributed by atoms with E-state index in [2.05, 4.69) is 10.3 Å². The molecule has 0 bridgehead atoms. The average molecular weight is 306 g/mol. The van der Waals surface area contributed by atoms with Gasteiger partial charge in [0.15, 0.2) is 0 Å². The van der Waals surface area contributed by atoms with Crippen LogP contribution in [0.2, 0.25) is 0 Å². The quantitative estimate of drug-likeness (QED) is 0.936. The van der Waals surface area contributed by atoms with Crippen LogP contribution >= 0.6 is 0 Å². The van der Waals surface area contributed by atoms with Gasteiger partial charge in [-0.2, -0.15) is 13.2 Å². The molecular weight excluding hydrogens is 293 g/mol. The molecule has 2 aromatic rings. The fraction of sp³-hybridized carbons (Fsp3) is 0.250. The topological polar surface area (TPSA) is 42.0 Å². The van der Waals surface area contributed by atoms with Gasteiger partial charge in [0.2, 0.25) is 5.91 Å². The van der Waals surface area contributed by atoms with Gasteiger partial charge in [-0.3, -0.25) is 4.79 Å². The molecule has 1 aliphatic rings. The minimum Gasteiger partial charge on any atom is -0.310 e. The van der Waals surface area contributed by atoms with Gasteiger partial charge in [-0.15, -0.1) is 0 Å². The second kappa shape index (κ2) is 5.44. The number of alkyl halides is 3. The van der Waals surface area contributed by atoms with Crippen LogP contribution in [-0.4, -0.2) is 10.9 Å². The van der Waals surface area contributed by atoms with E-state index in [1.54, 1.807) is 0 Å². The number of carbonyl (C=O) groups excluding carboxylic acids is 1. The van der Waals surface area contributed by atoms with Crippen molar-refractivity contribution in [2.24, 2.45) is 5.92 Å². The number of hydrogen-bond donors (Lipinski definition) is 1. The van der Waals surface area contributed by atoms with Crippen LogP contribution < -0.4 is 5.32 Å². The van der Waals surface area contributed by atoms with Crippen LogP contribution in [-0.2, 0) is 11.0 Å². The van der Waals surface area contributed by atoms with Crippen LogP contribution in [0.5, 0.6) is 0 Å². The maximum absolute atomic E-state index is 12.4. The van der Waals surface area contributed by atoms with Crippen LogP contribution in [0.15, 0.2) is 48.7 Å². The Labute approximate surface area is 125 Å². The largest absolute Gasteiger partial charge is 0.417 e. The number of pyridine rings is 1. The second-order valence-electron chi connectivity index (χ2n) is 5.28. The molecule has 1 aromatic carbocycles. The fourth-order valence-corrected chi connectivity index (χ4v) is 2.41. The number of nitrogens with zero attached hydrogens (tertiary/aromatic N) is 1. The molecule has 114 valence electrons. The van der Waals surface area contributed by atoms with Crippen LogP contribution in [0, 0.1) is 5.92 Å². The predicted molar refractivity (Wildman–Crippen MR) is 75.2 cm³/mol. The van der Waals surface area contributed by atoms with Gasteiger partial charge < -0.3 is 5.32 Å². The lowest BCUT2D eigenvalue weighted by Crippen LogP contribution is -2.16. The maximum Gasteiger partial charge on any atom is 0.417 e. The van der Waals surface area contributed by atoms with E-state index in [0.717, 1.165) is 24.2 Å². The van der Waals surface area contributed by atoms with Crippen molar-refractivity contribution >= 4 is 11.7 Å². The first-order valence-corrected chi connectivity index (χ1v) is 6.84. The number of amides is 1. The molecule has 0 aliphatic heterocycles. The lowest BCUT2D eigenvalue weighted by molar-refractivity contribution is -0.137. The Morgan fingerprint density at radius 1 is 1.14 bits per heavy atom. The lowest BCUT2D eigenvalue weighted by Gasteiger charge is -2.08. The van der Waals surface area contributed by atoms with Gasteiger partial charge in [-0.25, -0.2) is 4.98 Å². The van der Waals surface area contributed by atoms with Crippen molar-refractivity contribution in [3.63, 3.8) is 0 Å². The van der Waals surface area contributed by atoms with Crippen LogP contribution in [0.3, 0.4) is 0 Å². The van der Waals surface area contributed by atoms with E-state index in [-0.39, 0.29) is 23.6 Å². The summed E-state index contributed by atoms with van der Waals surface area (Å²) in [6, 6.07) is 11.8. The van der Waals surface area contributed by atoms with Gasteiger partial charge in [0.1, 0.15) is 5.82 Å². The number of anilines is 1. The van der Waals surface area contributed by atoms with Crippen LogP contribution in [0.4, 0.5) is 19.0 Å². The normalized spacial score (nSPS) is 20.5. The molecule has 0 saturated heterocycles. The van der Waals surface area contributed by atoms with Crippen LogP contribution in [0.1, 0.15) is 23.5 Å². The number of halogens is 3. The first-order chi connectivity index (χ1) is 10.4. The number of aromatic nitrogens is 1. The Balaban J connectivity index is 1.61. The Kier molecular flexibility index (Phi) is 3.60. The highest BCUT2D eigenvalue weighted by Crippen LogP contribution is 2.47. The van der Waals surface area contributed by atoms with E-state index < -0.39 is 11.7 Å². The third-order valence-corrected chi connectivity index (χ3v) is 3.70. The highest BCUT2D eigenvalue weighted by atomic mass is 19.4. The molecule has 0 radical (unpaired) electrons. The van der Waals surface area contributed by atoms with E-state index >= 15 is 0 Å². The summed E-state index contributed by atoms with van der Waals surface area (Å²) in [6.45, 7) is 0. The van der Waals surface area contributed by atoms with E-state index in [1.807, 2.05) is 30.3 Å². The minimum atomic E-state index is -4.43. The summed E-state index contributed by atoms with van der Waals surface area (Å²) in [5, 5.41) is 2.56. The number of rotatable bonds is 3. The molecule has 3 rings (SSSR count).